The molecule has 0 radical (unpaired) electrons. The number of nitrogens with zero attached hydrogens (tertiary/aromatic N) is 1. The first-order chi connectivity index (χ1) is 9.69. The summed E-state index contributed by atoms with van der Waals surface area (Å²) in [4.78, 5) is 2.41. The van der Waals surface area contributed by atoms with Crippen molar-refractivity contribution >= 4 is 11.6 Å². The predicted octanol–water partition coefficient (Wildman–Crippen LogP) is 3.46. The lowest BCUT2D eigenvalue weighted by atomic mass is 9.89. The van der Waals surface area contributed by atoms with Crippen molar-refractivity contribution in [1.82, 2.24) is 4.90 Å². The summed E-state index contributed by atoms with van der Waals surface area (Å²) in [5, 5.41) is 0.856. The maximum absolute atomic E-state index is 6.24. The number of hydrogen-bond acceptors (Lipinski definition) is 3. The van der Waals surface area contributed by atoms with Gasteiger partial charge in [0.15, 0.2) is 5.79 Å². The Morgan fingerprint density at radius 1 is 1.20 bits per heavy atom. The summed E-state index contributed by atoms with van der Waals surface area (Å²) >= 11 is 6.24. The molecule has 1 heterocycles. The van der Waals surface area contributed by atoms with E-state index in [-0.39, 0.29) is 5.79 Å². The topological polar surface area (TPSA) is 21.7 Å². The Kier molecular flexibility index (Phi) is 4.32. The van der Waals surface area contributed by atoms with Gasteiger partial charge in [-0.3, -0.25) is 4.90 Å². The first kappa shape index (κ1) is 14.3. The first-order valence-electron chi connectivity index (χ1n) is 7.40. The smallest absolute Gasteiger partial charge is 0.168 e. The minimum absolute atomic E-state index is 0.262. The van der Waals surface area contributed by atoms with Crippen LogP contribution in [0, 0.1) is 0 Å². The molecule has 1 aliphatic heterocycles. The number of halogens is 1. The molecule has 4 heteroatoms. The molecule has 0 bridgehead atoms. The Bertz CT molecular complexity index is 450. The molecule has 0 atom stereocenters. The van der Waals surface area contributed by atoms with Gasteiger partial charge in [0.1, 0.15) is 0 Å². The van der Waals surface area contributed by atoms with E-state index in [4.69, 9.17) is 21.1 Å². The van der Waals surface area contributed by atoms with Gasteiger partial charge in [-0.05, 0) is 31.5 Å². The fourth-order valence-corrected chi connectivity index (χ4v) is 3.49. The van der Waals surface area contributed by atoms with Gasteiger partial charge in [-0.1, -0.05) is 29.8 Å². The van der Waals surface area contributed by atoms with E-state index in [9.17, 15) is 0 Å². The zero-order valence-electron chi connectivity index (χ0n) is 12.0. The van der Waals surface area contributed by atoms with Gasteiger partial charge < -0.3 is 9.47 Å². The summed E-state index contributed by atoms with van der Waals surface area (Å²) in [6.45, 7) is 2.40. The monoisotopic (exact) mass is 295 g/mol. The van der Waals surface area contributed by atoms with Crippen LogP contribution in [-0.4, -0.2) is 37.0 Å². The predicted molar refractivity (Wildman–Crippen MR) is 79.8 cm³/mol. The summed E-state index contributed by atoms with van der Waals surface area (Å²) in [6, 6.07) is 8.67. The molecule has 1 aromatic carbocycles. The normalized spacial score (nSPS) is 22.8. The van der Waals surface area contributed by atoms with Gasteiger partial charge >= 0.3 is 0 Å². The molecule has 0 unspecified atom stereocenters. The van der Waals surface area contributed by atoms with Crippen LogP contribution in [0.2, 0.25) is 5.02 Å². The standard InChI is InChI=1S/C16H22ClNO2/c1-18(12-13-4-2-3-5-15(13)17)14-6-8-16(9-7-14)19-10-11-20-16/h2-5,14H,6-12H2,1H3. The van der Waals surface area contributed by atoms with Gasteiger partial charge in [0.2, 0.25) is 0 Å². The van der Waals surface area contributed by atoms with E-state index >= 15 is 0 Å². The molecule has 110 valence electrons. The summed E-state index contributed by atoms with van der Waals surface area (Å²) in [6.07, 6.45) is 4.26. The molecular formula is C16H22ClNO2. The molecule has 0 N–H and O–H groups in total. The van der Waals surface area contributed by atoms with Crippen molar-refractivity contribution in [2.45, 2.75) is 44.1 Å². The highest BCUT2D eigenvalue weighted by Crippen LogP contribution is 2.37. The average Bonchev–Trinajstić information content (AvgIpc) is 2.90. The van der Waals surface area contributed by atoms with Crippen LogP contribution in [0.1, 0.15) is 31.2 Å². The lowest BCUT2D eigenvalue weighted by Crippen LogP contribution is -2.42. The van der Waals surface area contributed by atoms with E-state index in [1.54, 1.807) is 0 Å². The van der Waals surface area contributed by atoms with Crippen molar-refractivity contribution in [2.24, 2.45) is 0 Å². The number of hydrogen-bond donors (Lipinski definition) is 0. The van der Waals surface area contributed by atoms with E-state index < -0.39 is 0 Å². The van der Waals surface area contributed by atoms with Gasteiger partial charge in [0, 0.05) is 30.5 Å². The van der Waals surface area contributed by atoms with Crippen LogP contribution in [0.5, 0.6) is 0 Å². The quantitative estimate of drug-likeness (QED) is 0.852. The minimum Gasteiger partial charge on any atom is -0.348 e. The van der Waals surface area contributed by atoms with Crippen LogP contribution in [0.4, 0.5) is 0 Å². The third-order valence-corrected chi connectivity index (χ3v) is 4.90. The SMILES string of the molecule is CN(Cc1ccccc1Cl)C1CCC2(CC1)OCCO2. The molecule has 3 nitrogen and oxygen atoms in total. The van der Waals surface area contributed by atoms with E-state index in [1.807, 2.05) is 18.2 Å². The molecule has 1 aromatic rings. The molecule has 2 fully saturated rings. The van der Waals surface area contributed by atoms with Gasteiger partial charge in [0.05, 0.1) is 13.2 Å². The second kappa shape index (κ2) is 6.02. The first-order valence-corrected chi connectivity index (χ1v) is 7.78. The highest BCUT2D eigenvalue weighted by molar-refractivity contribution is 6.31. The third kappa shape index (κ3) is 3.01. The fourth-order valence-electron chi connectivity index (χ4n) is 3.29. The van der Waals surface area contributed by atoms with E-state index in [0.717, 1.165) is 50.5 Å². The minimum atomic E-state index is -0.262. The second-order valence-electron chi connectivity index (χ2n) is 5.85. The molecule has 0 aromatic heterocycles. The van der Waals surface area contributed by atoms with Crippen molar-refractivity contribution in [3.05, 3.63) is 34.9 Å². The molecule has 1 saturated carbocycles. The van der Waals surface area contributed by atoms with Crippen molar-refractivity contribution < 1.29 is 9.47 Å². The maximum Gasteiger partial charge on any atom is 0.168 e. The largest absolute Gasteiger partial charge is 0.348 e. The average molecular weight is 296 g/mol. The van der Waals surface area contributed by atoms with E-state index in [1.165, 1.54) is 5.56 Å². The molecule has 2 aliphatic rings. The Morgan fingerprint density at radius 3 is 2.50 bits per heavy atom. The van der Waals surface area contributed by atoms with Crippen LogP contribution >= 0.6 is 11.6 Å². The Hall–Kier alpha value is -0.610. The molecule has 1 aliphatic carbocycles. The summed E-state index contributed by atoms with van der Waals surface area (Å²) in [5.41, 5.74) is 1.20. The van der Waals surface area contributed by atoms with Crippen LogP contribution in [0.15, 0.2) is 24.3 Å². The fraction of sp³-hybridized carbons (Fsp3) is 0.625. The van der Waals surface area contributed by atoms with Gasteiger partial charge in [-0.25, -0.2) is 0 Å². The second-order valence-corrected chi connectivity index (χ2v) is 6.25. The highest BCUT2D eigenvalue weighted by Gasteiger charge is 2.40. The molecule has 20 heavy (non-hydrogen) atoms. The Morgan fingerprint density at radius 2 is 1.85 bits per heavy atom. The molecular weight excluding hydrogens is 274 g/mol. The molecule has 3 rings (SSSR count). The molecule has 1 saturated heterocycles. The number of rotatable bonds is 3. The lowest BCUT2D eigenvalue weighted by molar-refractivity contribution is -0.183. The van der Waals surface area contributed by atoms with Crippen molar-refractivity contribution in [2.75, 3.05) is 20.3 Å². The molecule has 1 spiro atoms. The van der Waals surface area contributed by atoms with Crippen molar-refractivity contribution in [3.8, 4) is 0 Å². The zero-order valence-corrected chi connectivity index (χ0v) is 12.7. The van der Waals surface area contributed by atoms with Crippen LogP contribution in [0.25, 0.3) is 0 Å². The van der Waals surface area contributed by atoms with Gasteiger partial charge in [0.25, 0.3) is 0 Å². The maximum atomic E-state index is 6.24. The number of benzene rings is 1. The summed E-state index contributed by atoms with van der Waals surface area (Å²) in [7, 11) is 2.18. The summed E-state index contributed by atoms with van der Waals surface area (Å²) in [5.74, 6) is -0.262. The van der Waals surface area contributed by atoms with E-state index in [2.05, 4.69) is 18.0 Å². The van der Waals surface area contributed by atoms with Gasteiger partial charge in [-0.15, -0.1) is 0 Å². The van der Waals surface area contributed by atoms with Crippen LogP contribution < -0.4 is 0 Å². The zero-order chi connectivity index (χ0) is 14.0. The number of ether oxygens (including phenoxy) is 2. The molecule has 0 amide bonds. The van der Waals surface area contributed by atoms with Crippen molar-refractivity contribution in [3.63, 3.8) is 0 Å². The van der Waals surface area contributed by atoms with Gasteiger partial charge in [-0.2, -0.15) is 0 Å². The van der Waals surface area contributed by atoms with E-state index in [0.29, 0.717) is 6.04 Å². The van der Waals surface area contributed by atoms with Crippen LogP contribution in [0.3, 0.4) is 0 Å². The summed E-state index contributed by atoms with van der Waals surface area (Å²) < 4.78 is 11.6. The van der Waals surface area contributed by atoms with Crippen LogP contribution in [-0.2, 0) is 16.0 Å². The highest BCUT2D eigenvalue weighted by atomic mass is 35.5. The Balaban J connectivity index is 1.56. The lowest BCUT2D eigenvalue weighted by Gasteiger charge is -2.39. The van der Waals surface area contributed by atoms with Crippen molar-refractivity contribution in [1.29, 1.82) is 0 Å². The Labute approximate surface area is 125 Å². The third-order valence-electron chi connectivity index (χ3n) is 4.53.